The summed E-state index contributed by atoms with van der Waals surface area (Å²) in [7, 11) is 0. The summed E-state index contributed by atoms with van der Waals surface area (Å²) in [5.41, 5.74) is 1.93. The summed E-state index contributed by atoms with van der Waals surface area (Å²) in [4.78, 5) is 13.4. The fourth-order valence-electron chi connectivity index (χ4n) is 1.79. The molecule has 0 bridgehead atoms. The Morgan fingerprint density at radius 2 is 1.79 bits per heavy atom. The minimum absolute atomic E-state index is 0.118. The first-order chi connectivity index (χ1) is 8.99. The Balaban J connectivity index is 2.52. The molecule has 0 heterocycles. The fourth-order valence-corrected chi connectivity index (χ4v) is 1.90. The maximum absolute atomic E-state index is 11.7. The third kappa shape index (κ3) is 4.31. The minimum Gasteiger partial charge on any atom is -0.473 e. The van der Waals surface area contributed by atoms with Gasteiger partial charge in [-0.05, 0) is 51.0 Å². The first-order valence-corrected chi connectivity index (χ1v) is 6.79. The van der Waals surface area contributed by atoms with Crippen LogP contribution in [-0.2, 0) is 0 Å². The van der Waals surface area contributed by atoms with E-state index in [1.165, 1.54) is 0 Å². The van der Waals surface area contributed by atoms with Gasteiger partial charge in [0.15, 0.2) is 6.73 Å². The number of carbonyl (C=O) groups excluding carboxylic acids is 1. The van der Waals surface area contributed by atoms with E-state index in [2.05, 4.69) is 5.32 Å². The lowest BCUT2D eigenvalue weighted by Gasteiger charge is -2.19. The molecule has 1 N–H and O–H groups in total. The summed E-state index contributed by atoms with van der Waals surface area (Å²) in [6.45, 7) is 9.25. The highest BCUT2D eigenvalue weighted by molar-refractivity contribution is 6.32. The Labute approximate surface area is 119 Å². The third-order valence-corrected chi connectivity index (χ3v) is 3.52. The maximum atomic E-state index is 11.7. The maximum Gasteiger partial charge on any atom is 0.319 e. The molecule has 1 aromatic carbocycles. The smallest absolute Gasteiger partial charge is 0.319 e. The minimum atomic E-state index is -0.118. The standard InChI is InChI=1S/C14H21ClN2O2/c1-5-17(6-2)14(18)16-9-19-12-7-10(3)13(15)11(4)8-12/h7-8H,5-6,9H2,1-4H3,(H,16,18). The van der Waals surface area contributed by atoms with Crippen molar-refractivity contribution in [2.24, 2.45) is 0 Å². The topological polar surface area (TPSA) is 41.6 Å². The van der Waals surface area contributed by atoms with Crippen molar-refractivity contribution in [3.8, 4) is 5.75 Å². The molecule has 0 saturated heterocycles. The number of hydrogen-bond acceptors (Lipinski definition) is 2. The van der Waals surface area contributed by atoms with Crippen molar-refractivity contribution in [3.05, 3.63) is 28.3 Å². The van der Waals surface area contributed by atoms with Gasteiger partial charge in [-0.2, -0.15) is 0 Å². The van der Waals surface area contributed by atoms with E-state index in [1.54, 1.807) is 4.90 Å². The number of nitrogens with zero attached hydrogens (tertiary/aromatic N) is 1. The van der Waals surface area contributed by atoms with E-state index in [1.807, 2.05) is 39.8 Å². The van der Waals surface area contributed by atoms with Crippen LogP contribution in [0.15, 0.2) is 12.1 Å². The number of rotatable bonds is 5. The summed E-state index contributed by atoms with van der Waals surface area (Å²) < 4.78 is 5.52. The van der Waals surface area contributed by atoms with Crippen LogP contribution in [0.3, 0.4) is 0 Å². The Morgan fingerprint density at radius 1 is 1.26 bits per heavy atom. The number of benzene rings is 1. The number of amides is 2. The lowest BCUT2D eigenvalue weighted by Crippen LogP contribution is -2.41. The van der Waals surface area contributed by atoms with Crippen LogP contribution in [0.1, 0.15) is 25.0 Å². The molecule has 2 amide bonds. The molecule has 5 heteroatoms. The van der Waals surface area contributed by atoms with Gasteiger partial charge in [-0.3, -0.25) is 0 Å². The van der Waals surface area contributed by atoms with Crippen molar-refractivity contribution < 1.29 is 9.53 Å². The first kappa shape index (κ1) is 15.6. The predicted molar refractivity (Wildman–Crippen MR) is 77.9 cm³/mol. The molecule has 0 atom stereocenters. The normalized spacial score (nSPS) is 10.2. The molecule has 1 rings (SSSR count). The van der Waals surface area contributed by atoms with E-state index >= 15 is 0 Å². The van der Waals surface area contributed by atoms with Gasteiger partial charge in [0.2, 0.25) is 0 Å². The van der Waals surface area contributed by atoms with Crippen molar-refractivity contribution in [2.45, 2.75) is 27.7 Å². The van der Waals surface area contributed by atoms with Crippen LogP contribution in [-0.4, -0.2) is 30.8 Å². The Hall–Kier alpha value is -1.42. The second-order valence-electron chi connectivity index (χ2n) is 4.31. The number of ether oxygens (including phenoxy) is 1. The van der Waals surface area contributed by atoms with Crippen LogP contribution in [0, 0.1) is 13.8 Å². The fraction of sp³-hybridized carbons (Fsp3) is 0.500. The van der Waals surface area contributed by atoms with Crippen LogP contribution < -0.4 is 10.1 Å². The van der Waals surface area contributed by atoms with Gasteiger partial charge in [-0.25, -0.2) is 4.79 Å². The largest absolute Gasteiger partial charge is 0.473 e. The van der Waals surface area contributed by atoms with E-state index in [0.717, 1.165) is 16.1 Å². The number of nitrogens with one attached hydrogen (secondary N) is 1. The van der Waals surface area contributed by atoms with Gasteiger partial charge in [0.1, 0.15) is 5.75 Å². The molecule has 0 aliphatic carbocycles. The van der Waals surface area contributed by atoms with E-state index in [4.69, 9.17) is 16.3 Å². The van der Waals surface area contributed by atoms with Gasteiger partial charge in [-0.1, -0.05) is 11.6 Å². The molecule has 0 radical (unpaired) electrons. The zero-order chi connectivity index (χ0) is 14.4. The number of aryl methyl sites for hydroxylation is 2. The molecule has 0 unspecified atom stereocenters. The van der Waals surface area contributed by atoms with Gasteiger partial charge >= 0.3 is 6.03 Å². The first-order valence-electron chi connectivity index (χ1n) is 6.41. The summed E-state index contributed by atoms with van der Waals surface area (Å²) in [6, 6.07) is 3.60. The summed E-state index contributed by atoms with van der Waals surface area (Å²) in [5.74, 6) is 0.708. The van der Waals surface area contributed by atoms with Gasteiger partial charge in [-0.15, -0.1) is 0 Å². The van der Waals surface area contributed by atoms with E-state index in [0.29, 0.717) is 18.8 Å². The van der Waals surface area contributed by atoms with E-state index in [-0.39, 0.29) is 12.8 Å². The molecule has 0 saturated carbocycles. The Bertz CT molecular complexity index is 422. The Morgan fingerprint density at radius 3 is 2.26 bits per heavy atom. The molecule has 0 fully saturated rings. The summed E-state index contributed by atoms with van der Waals surface area (Å²) in [6.07, 6.45) is 0. The lowest BCUT2D eigenvalue weighted by atomic mass is 10.1. The molecule has 0 aromatic heterocycles. The second kappa shape index (κ2) is 7.24. The highest BCUT2D eigenvalue weighted by atomic mass is 35.5. The van der Waals surface area contributed by atoms with Crippen molar-refractivity contribution >= 4 is 17.6 Å². The number of hydrogen-bond donors (Lipinski definition) is 1. The highest BCUT2D eigenvalue weighted by Crippen LogP contribution is 2.25. The van der Waals surface area contributed by atoms with Crippen molar-refractivity contribution in [2.75, 3.05) is 19.8 Å². The molecule has 0 aliphatic rings. The zero-order valence-electron chi connectivity index (χ0n) is 11.9. The van der Waals surface area contributed by atoms with Crippen LogP contribution in [0.4, 0.5) is 4.79 Å². The van der Waals surface area contributed by atoms with Crippen molar-refractivity contribution in [3.63, 3.8) is 0 Å². The quantitative estimate of drug-likeness (QED) is 0.843. The number of halogens is 1. The van der Waals surface area contributed by atoms with Crippen LogP contribution in [0.5, 0.6) is 5.75 Å². The van der Waals surface area contributed by atoms with Crippen LogP contribution in [0.25, 0.3) is 0 Å². The summed E-state index contributed by atoms with van der Waals surface area (Å²) in [5, 5.41) is 3.47. The molecule has 4 nitrogen and oxygen atoms in total. The van der Waals surface area contributed by atoms with E-state index < -0.39 is 0 Å². The highest BCUT2D eigenvalue weighted by Gasteiger charge is 2.08. The molecular weight excluding hydrogens is 264 g/mol. The monoisotopic (exact) mass is 284 g/mol. The number of urea groups is 1. The average Bonchev–Trinajstić information content (AvgIpc) is 2.37. The molecule has 106 valence electrons. The summed E-state index contributed by atoms with van der Waals surface area (Å²) >= 11 is 6.08. The van der Waals surface area contributed by atoms with Crippen LogP contribution in [0.2, 0.25) is 5.02 Å². The second-order valence-corrected chi connectivity index (χ2v) is 4.69. The molecule has 0 spiro atoms. The number of carbonyl (C=O) groups is 1. The molecule has 1 aromatic rings. The van der Waals surface area contributed by atoms with Gasteiger partial charge < -0.3 is 15.0 Å². The van der Waals surface area contributed by atoms with Crippen LogP contribution >= 0.6 is 11.6 Å². The third-order valence-electron chi connectivity index (χ3n) is 2.92. The van der Waals surface area contributed by atoms with Crippen molar-refractivity contribution in [1.29, 1.82) is 0 Å². The van der Waals surface area contributed by atoms with Gasteiger partial charge in [0.05, 0.1) is 0 Å². The van der Waals surface area contributed by atoms with Gasteiger partial charge in [0.25, 0.3) is 0 Å². The molecule has 0 aliphatic heterocycles. The van der Waals surface area contributed by atoms with Gasteiger partial charge in [0, 0.05) is 18.1 Å². The predicted octanol–water partition coefficient (Wildman–Crippen LogP) is 3.34. The zero-order valence-corrected chi connectivity index (χ0v) is 12.7. The SMILES string of the molecule is CCN(CC)C(=O)NCOc1cc(C)c(Cl)c(C)c1. The van der Waals surface area contributed by atoms with E-state index in [9.17, 15) is 4.79 Å². The molecular formula is C14H21ClN2O2. The average molecular weight is 285 g/mol. The molecule has 19 heavy (non-hydrogen) atoms. The lowest BCUT2D eigenvalue weighted by molar-refractivity contribution is 0.189. The van der Waals surface area contributed by atoms with Crippen molar-refractivity contribution in [1.82, 2.24) is 10.2 Å². The Kier molecular flexibility index (Phi) is 5.96.